The molecule has 1 aromatic carbocycles. The molecule has 0 saturated heterocycles. The summed E-state index contributed by atoms with van der Waals surface area (Å²) in [7, 11) is -2.00. The van der Waals surface area contributed by atoms with Gasteiger partial charge in [0.25, 0.3) is 5.91 Å². The van der Waals surface area contributed by atoms with Crippen LogP contribution in [0.25, 0.3) is 0 Å². The van der Waals surface area contributed by atoms with E-state index in [0.717, 1.165) is 25.7 Å². The molecule has 1 aliphatic carbocycles. The van der Waals surface area contributed by atoms with Gasteiger partial charge in [0.1, 0.15) is 5.75 Å². The first-order chi connectivity index (χ1) is 13.8. The number of ether oxygens (including phenoxy) is 2. The van der Waals surface area contributed by atoms with Crippen molar-refractivity contribution in [1.82, 2.24) is 9.62 Å². The molecule has 29 heavy (non-hydrogen) atoms. The Morgan fingerprint density at radius 2 is 1.79 bits per heavy atom. The molecule has 1 N–H and O–H groups in total. The predicted octanol–water partition coefficient (Wildman–Crippen LogP) is 2.09. The quantitative estimate of drug-likeness (QED) is 0.575. The van der Waals surface area contributed by atoms with Gasteiger partial charge in [-0.05, 0) is 44.0 Å². The van der Waals surface area contributed by atoms with Crippen molar-refractivity contribution in [2.24, 2.45) is 0 Å². The van der Waals surface area contributed by atoms with Crippen molar-refractivity contribution in [3.63, 3.8) is 0 Å². The van der Waals surface area contributed by atoms with Crippen LogP contribution in [0.15, 0.2) is 29.2 Å². The molecule has 1 fully saturated rings. The lowest BCUT2D eigenvalue weighted by molar-refractivity contribution is -0.152. The topological polar surface area (TPSA) is 102 Å². The molecule has 1 aromatic rings. The van der Waals surface area contributed by atoms with Gasteiger partial charge >= 0.3 is 5.97 Å². The van der Waals surface area contributed by atoms with Crippen LogP contribution in [-0.4, -0.2) is 58.0 Å². The molecule has 0 heterocycles. The third kappa shape index (κ3) is 7.32. The fourth-order valence-corrected chi connectivity index (χ4v) is 4.27. The number of benzene rings is 1. The maximum Gasteiger partial charge on any atom is 0.307 e. The SMILES string of the molecule is CCOc1ccc(S(=O)(=O)NCCC(=O)OCC(=O)N(C)C2CCCCC2)cc1. The van der Waals surface area contributed by atoms with Crippen molar-refractivity contribution in [3.8, 4) is 5.75 Å². The van der Waals surface area contributed by atoms with Gasteiger partial charge < -0.3 is 14.4 Å². The first kappa shape index (κ1) is 23.2. The van der Waals surface area contributed by atoms with E-state index >= 15 is 0 Å². The summed E-state index contributed by atoms with van der Waals surface area (Å²) < 4.78 is 37.1. The molecule has 2 rings (SSSR count). The summed E-state index contributed by atoms with van der Waals surface area (Å²) >= 11 is 0. The van der Waals surface area contributed by atoms with E-state index < -0.39 is 16.0 Å². The molecule has 0 bridgehead atoms. The van der Waals surface area contributed by atoms with Crippen molar-refractivity contribution in [3.05, 3.63) is 24.3 Å². The zero-order valence-corrected chi connectivity index (χ0v) is 17.9. The van der Waals surface area contributed by atoms with Crippen molar-refractivity contribution in [1.29, 1.82) is 0 Å². The fraction of sp³-hybridized carbons (Fsp3) is 0.600. The van der Waals surface area contributed by atoms with Crippen molar-refractivity contribution in [2.75, 3.05) is 26.8 Å². The zero-order valence-electron chi connectivity index (χ0n) is 17.1. The van der Waals surface area contributed by atoms with Crippen LogP contribution in [-0.2, 0) is 24.3 Å². The fourth-order valence-electron chi connectivity index (χ4n) is 3.24. The Morgan fingerprint density at radius 1 is 1.14 bits per heavy atom. The minimum atomic E-state index is -3.74. The number of nitrogens with zero attached hydrogens (tertiary/aromatic N) is 1. The molecule has 9 heteroatoms. The van der Waals surface area contributed by atoms with E-state index in [1.807, 2.05) is 6.92 Å². The van der Waals surface area contributed by atoms with Gasteiger partial charge in [0.2, 0.25) is 10.0 Å². The second kappa shape index (κ2) is 11.2. The van der Waals surface area contributed by atoms with Gasteiger partial charge in [-0.1, -0.05) is 19.3 Å². The Bertz CT molecular complexity index is 773. The van der Waals surface area contributed by atoms with Gasteiger partial charge in [0.15, 0.2) is 6.61 Å². The van der Waals surface area contributed by atoms with E-state index in [4.69, 9.17) is 9.47 Å². The van der Waals surface area contributed by atoms with Gasteiger partial charge in [-0.15, -0.1) is 0 Å². The van der Waals surface area contributed by atoms with Crippen LogP contribution in [0.3, 0.4) is 0 Å². The van der Waals surface area contributed by atoms with Crippen LogP contribution in [0.1, 0.15) is 45.4 Å². The summed E-state index contributed by atoms with van der Waals surface area (Å²) in [5, 5.41) is 0. The molecule has 0 spiro atoms. The van der Waals surface area contributed by atoms with Crippen molar-refractivity contribution >= 4 is 21.9 Å². The molecule has 1 aliphatic rings. The van der Waals surface area contributed by atoms with Crippen molar-refractivity contribution in [2.45, 2.75) is 56.4 Å². The lowest BCUT2D eigenvalue weighted by Gasteiger charge is -2.31. The van der Waals surface area contributed by atoms with Crippen LogP contribution in [0, 0.1) is 0 Å². The number of rotatable bonds is 10. The molecular weight excluding hydrogens is 396 g/mol. The van der Waals surface area contributed by atoms with Gasteiger partial charge in [0, 0.05) is 19.6 Å². The van der Waals surface area contributed by atoms with E-state index in [0.29, 0.717) is 12.4 Å². The monoisotopic (exact) mass is 426 g/mol. The number of likely N-dealkylation sites (N-methyl/N-ethyl adjacent to an activating group) is 1. The second-order valence-corrected chi connectivity index (χ2v) is 8.78. The van der Waals surface area contributed by atoms with Crippen LogP contribution in [0.4, 0.5) is 0 Å². The molecule has 0 aromatic heterocycles. The molecular formula is C20H30N2O6S. The largest absolute Gasteiger partial charge is 0.494 e. The molecule has 0 atom stereocenters. The molecule has 1 saturated carbocycles. The number of hydrogen-bond acceptors (Lipinski definition) is 6. The van der Waals surface area contributed by atoms with Gasteiger partial charge in [-0.25, -0.2) is 13.1 Å². The summed E-state index contributed by atoms with van der Waals surface area (Å²) in [6, 6.07) is 6.22. The highest BCUT2D eigenvalue weighted by Crippen LogP contribution is 2.21. The van der Waals surface area contributed by atoms with Gasteiger partial charge in [0.05, 0.1) is 17.9 Å². The van der Waals surface area contributed by atoms with E-state index in [1.54, 1.807) is 24.1 Å². The highest BCUT2D eigenvalue weighted by molar-refractivity contribution is 7.89. The van der Waals surface area contributed by atoms with Crippen LogP contribution in [0.2, 0.25) is 0 Å². The predicted molar refractivity (Wildman–Crippen MR) is 108 cm³/mol. The summed E-state index contributed by atoms with van der Waals surface area (Å²) in [6.07, 6.45) is 5.21. The van der Waals surface area contributed by atoms with E-state index in [9.17, 15) is 18.0 Å². The number of amides is 1. The summed E-state index contributed by atoms with van der Waals surface area (Å²) in [6.45, 7) is 1.90. The van der Waals surface area contributed by atoms with E-state index in [-0.39, 0.29) is 36.4 Å². The normalized spacial score (nSPS) is 15.0. The number of carbonyl (C=O) groups is 2. The number of carbonyl (C=O) groups excluding carboxylic acids is 2. The average Bonchev–Trinajstić information content (AvgIpc) is 2.72. The van der Waals surface area contributed by atoms with Gasteiger partial charge in [-0.2, -0.15) is 0 Å². The second-order valence-electron chi connectivity index (χ2n) is 7.01. The Balaban J connectivity index is 1.72. The third-order valence-corrected chi connectivity index (χ3v) is 6.42. The summed E-state index contributed by atoms with van der Waals surface area (Å²) in [5.41, 5.74) is 0. The lowest BCUT2D eigenvalue weighted by atomic mass is 9.94. The number of nitrogens with one attached hydrogen (secondary N) is 1. The zero-order chi connectivity index (χ0) is 21.3. The number of sulfonamides is 1. The minimum absolute atomic E-state index is 0.0820. The Hall–Kier alpha value is -2.13. The first-order valence-electron chi connectivity index (χ1n) is 9.97. The van der Waals surface area contributed by atoms with E-state index in [2.05, 4.69) is 4.72 Å². The lowest BCUT2D eigenvalue weighted by Crippen LogP contribution is -2.40. The smallest absolute Gasteiger partial charge is 0.307 e. The molecule has 162 valence electrons. The Morgan fingerprint density at radius 3 is 2.41 bits per heavy atom. The number of esters is 1. The van der Waals surface area contributed by atoms with Crippen LogP contribution >= 0.6 is 0 Å². The molecule has 0 radical (unpaired) electrons. The Labute approximate surface area is 172 Å². The molecule has 0 aliphatic heterocycles. The average molecular weight is 427 g/mol. The first-order valence-corrected chi connectivity index (χ1v) is 11.5. The number of hydrogen-bond donors (Lipinski definition) is 1. The standard InChI is InChI=1S/C20H30N2O6S/c1-3-27-17-9-11-18(12-10-17)29(25,26)21-14-13-20(24)28-15-19(23)22(2)16-7-5-4-6-8-16/h9-12,16,21H,3-8,13-15H2,1-2H3. The van der Waals surface area contributed by atoms with Crippen LogP contribution in [0.5, 0.6) is 5.75 Å². The summed E-state index contributed by atoms with van der Waals surface area (Å²) in [5.74, 6) is -0.275. The van der Waals surface area contributed by atoms with E-state index in [1.165, 1.54) is 18.6 Å². The van der Waals surface area contributed by atoms with Gasteiger partial charge in [-0.3, -0.25) is 9.59 Å². The molecule has 0 unspecified atom stereocenters. The third-order valence-electron chi connectivity index (χ3n) is 4.94. The maximum absolute atomic E-state index is 12.2. The minimum Gasteiger partial charge on any atom is -0.494 e. The Kier molecular flexibility index (Phi) is 8.91. The maximum atomic E-state index is 12.2. The highest BCUT2D eigenvalue weighted by atomic mass is 32.2. The highest BCUT2D eigenvalue weighted by Gasteiger charge is 2.23. The summed E-state index contributed by atoms with van der Waals surface area (Å²) in [4.78, 5) is 25.7. The van der Waals surface area contributed by atoms with Crippen LogP contribution < -0.4 is 9.46 Å². The van der Waals surface area contributed by atoms with Crippen molar-refractivity contribution < 1.29 is 27.5 Å². The molecule has 1 amide bonds. The molecule has 8 nitrogen and oxygen atoms in total.